The number of pyridine rings is 1. The van der Waals surface area contributed by atoms with Gasteiger partial charge >= 0.3 is 0 Å². The van der Waals surface area contributed by atoms with Gasteiger partial charge in [0, 0.05) is 11.6 Å². The van der Waals surface area contributed by atoms with Gasteiger partial charge in [-0.2, -0.15) is 0 Å². The maximum Gasteiger partial charge on any atom is 0.262 e. The van der Waals surface area contributed by atoms with Crippen molar-refractivity contribution in [2.45, 2.75) is 0 Å². The van der Waals surface area contributed by atoms with Crippen LogP contribution in [-0.2, 0) is 0 Å². The molecule has 0 atom stereocenters. The van der Waals surface area contributed by atoms with Crippen LogP contribution in [-0.4, -0.2) is 23.0 Å². The fraction of sp³-hybridized carbons (Fsp3) is 0.0714. The maximum absolute atomic E-state index is 12.2. The van der Waals surface area contributed by atoms with E-state index in [9.17, 15) is 4.79 Å². The van der Waals surface area contributed by atoms with Crippen molar-refractivity contribution >= 4 is 33.7 Å². The summed E-state index contributed by atoms with van der Waals surface area (Å²) in [6, 6.07) is 7.32. The number of hydrogen-bond acceptors (Lipinski definition) is 6. The standard InChI is InChI=1S/C14H11N3O2S2/c1-19-13-9(4-2-6-15-13)12(18)17-14-16-10(8-21-14)11-5-3-7-20-11/h2-8H,1H3,(H,16,17,18). The molecule has 0 fully saturated rings. The Morgan fingerprint density at radius 3 is 2.95 bits per heavy atom. The first-order valence-corrected chi connectivity index (χ1v) is 7.83. The molecule has 0 bridgehead atoms. The molecule has 1 N–H and O–H groups in total. The van der Waals surface area contributed by atoms with E-state index in [1.807, 2.05) is 22.9 Å². The van der Waals surface area contributed by atoms with Crippen molar-refractivity contribution in [2.24, 2.45) is 0 Å². The van der Waals surface area contributed by atoms with Crippen molar-refractivity contribution in [2.75, 3.05) is 12.4 Å². The van der Waals surface area contributed by atoms with Gasteiger partial charge < -0.3 is 4.74 Å². The first kappa shape index (κ1) is 13.7. The zero-order chi connectivity index (χ0) is 14.7. The number of carbonyl (C=O) groups is 1. The van der Waals surface area contributed by atoms with E-state index in [-0.39, 0.29) is 5.91 Å². The Labute approximate surface area is 129 Å². The third-order valence-corrected chi connectivity index (χ3v) is 4.36. The average molecular weight is 317 g/mol. The third kappa shape index (κ3) is 2.93. The monoisotopic (exact) mass is 317 g/mol. The summed E-state index contributed by atoms with van der Waals surface area (Å²) in [4.78, 5) is 21.7. The number of nitrogens with zero attached hydrogens (tertiary/aromatic N) is 2. The van der Waals surface area contributed by atoms with Crippen molar-refractivity contribution in [1.82, 2.24) is 9.97 Å². The summed E-state index contributed by atoms with van der Waals surface area (Å²) in [6.07, 6.45) is 1.58. The first-order valence-electron chi connectivity index (χ1n) is 6.07. The average Bonchev–Trinajstić information content (AvgIpc) is 3.17. The van der Waals surface area contributed by atoms with Crippen molar-refractivity contribution in [3.05, 3.63) is 46.8 Å². The molecule has 1 amide bonds. The molecule has 3 aromatic rings. The Morgan fingerprint density at radius 2 is 2.19 bits per heavy atom. The Kier molecular flexibility index (Phi) is 3.94. The number of thiophene rings is 1. The van der Waals surface area contributed by atoms with Gasteiger partial charge in [0.1, 0.15) is 5.56 Å². The summed E-state index contributed by atoms with van der Waals surface area (Å²) in [5, 5.41) is 7.23. The van der Waals surface area contributed by atoms with E-state index in [1.165, 1.54) is 18.4 Å². The number of ether oxygens (including phenoxy) is 1. The molecule has 0 radical (unpaired) electrons. The Bertz CT molecular complexity index is 753. The van der Waals surface area contributed by atoms with Crippen molar-refractivity contribution in [3.63, 3.8) is 0 Å². The minimum absolute atomic E-state index is 0.285. The minimum Gasteiger partial charge on any atom is -0.480 e. The van der Waals surface area contributed by atoms with Gasteiger partial charge in [-0.1, -0.05) is 6.07 Å². The second kappa shape index (κ2) is 6.02. The third-order valence-electron chi connectivity index (χ3n) is 2.71. The van der Waals surface area contributed by atoms with Gasteiger partial charge in [-0.25, -0.2) is 9.97 Å². The zero-order valence-corrected chi connectivity index (χ0v) is 12.7. The van der Waals surface area contributed by atoms with Gasteiger partial charge in [0.15, 0.2) is 5.13 Å². The summed E-state index contributed by atoms with van der Waals surface area (Å²) in [6.45, 7) is 0. The topological polar surface area (TPSA) is 64.1 Å². The van der Waals surface area contributed by atoms with Crippen LogP contribution in [0.3, 0.4) is 0 Å². The van der Waals surface area contributed by atoms with Crippen LogP contribution in [0.1, 0.15) is 10.4 Å². The van der Waals surface area contributed by atoms with Crippen molar-refractivity contribution in [3.8, 4) is 16.5 Å². The molecule has 0 aliphatic heterocycles. The largest absolute Gasteiger partial charge is 0.480 e. The zero-order valence-electron chi connectivity index (χ0n) is 11.1. The number of methoxy groups -OCH3 is 1. The highest BCUT2D eigenvalue weighted by atomic mass is 32.1. The van der Waals surface area contributed by atoms with Crippen LogP contribution >= 0.6 is 22.7 Å². The smallest absolute Gasteiger partial charge is 0.262 e. The highest BCUT2D eigenvalue weighted by Gasteiger charge is 2.15. The molecule has 0 unspecified atom stereocenters. The lowest BCUT2D eigenvalue weighted by Gasteiger charge is -2.05. The van der Waals surface area contributed by atoms with Crippen LogP contribution in [0.5, 0.6) is 5.88 Å². The predicted octanol–water partition coefficient (Wildman–Crippen LogP) is 3.53. The highest BCUT2D eigenvalue weighted by Crippen LogP contribution is 2.28. The Hall–Kier alpha value is -2.25. The molecule has 0 spiro atoms. The second-order valence-electron chi connectivity index (χ2n) is 4.03. The highest BCUT2D eigenvalue weighted by molar-refractivity contribution is 7.16. The summed E-state index contributed by atoms with van der Waals surface area (Å²) >= 11 is 3.00. The number of carbonyl (C=O) groups excluding carboxylic acids is 1. The number of nitrogens with one attached hydrogen (secondary N) is 1. The van der Waals surface area contributed by atoms with E-state index in [4.69, 9.17) is 4.74 Å². The van der Waals surface area contributed by atoms with Gasteiger partial charge in [0.2, 0.25) is 5.88 Å². The van der Waals surface area contributed by atoms with E-state index < -0.39 is 0 Å². The van der Waals surface area contributed by atoms with Crippen LogP contribution < -0.4 is 10.1 Å². The Morgan fingerprint density at radius 1 is 1.29 bits per heavy atom. The molecular formula is C14H11N3O2S2. The SMILES string of the molecule is COc1ncccc1C(=O)Nc1nc(-c2cccs2)cs1. The number of aromatic nitrogens is 2. The molecule has 3 aromatic heterocycles. The maximum atomic E-state index is 12.2. The summed E-state index contributed by atoms with van der Waals surface area (Å²) < 4.78 is 5.08. The molecule has 0 saturated carbocycles. The van der Waals surface area contributed by atoms with E-state index in [0.717, 1.165) is 10.6 Å². The van der Waals surface area contributed by atoms with Crippen LogP contribution in [0.25, 0.3) is 10.6 Å². The van der Waals surface area contributed by atoms with Crippen LogP contribution in [0.15, 0.2) is 41.2 Å². The molecule has 3 heterocycles. The first-order chi connectivity index (χ1) is 10.3. The van der Waals surface area contributed by atoms with Gasteiger partial charge in [-0.05, 0) is 23.6 Å². The van der Waals surface area contributed by atoms with Gasteiger partial charge in [-0.15, -0.1) is 22.7 Å². The van der Waals surface area contributed by atoms with Gasteiger partial charge in [-0.3, -0.25) is 10.1 Å². The Balaban J connectivity index is 1.79. The van der Waals surface area contributed by atoms with Crippen LogP contribution in [0.2, 0.25) is 0 Å². The molecular weight excluding hydrogens is 306 g/mol. The fourth-order valence-electron chi connectivity index (χ4n) is 1.76. The molecule has 106 valence electrons. The molecule has 3 rings (SSSR count). The normalized spacial score (nSPS) is 10.3. The second-order valence-corrected chi connectivity index (χ2v) is 5.84. The van der Waals surface area contributed by atoms with E-state index in [1.54, 1.807) is 29.7 Å². The summed E-state index contributed by atoms with van der Waals surface area (Å²) in [5.74, 6) is 0.0112. The molecule has 0 saturated heterocycles. The van der Waals surface area contributed by atoms with Gasteiger partial charge in [0.05, 0.1) is 17.7 Å². The van der Waals surface area contributed by atoms with Gasteiger partial charge in [0.25, 0.3) is 5.91 Å². The van der Waals surface area contributed by atoms with Crippen LogP contribution in [0.4, 0.5) is 5.13 Å². The lowest BCUT2D eigenvalue weighted by Crippen LogP contribution is -2.13. The lowest BCUT2D eigenvalue weighted by atomic mass is 10.2. The fourth-order valence-corrected chi connectivity index (χ4v) is 3.23. The van der Waals surface area contributed by atoms with Crippen LogP contribution in [0, 0.1) is 0 Å². The van der Waals surface area contributed by atoms with E-state index in [0.29, 0.717) is 16.6 Å². The van der Waals surface area contributed by atoms with Crippen molar-refractivity contribution in [1.29, 1.82) is 0 Å². The summed E-state index contributed by atoms with van der Waals surface area (Å²) in [7, 11) is 1.48. The number of rotatable bonds is 4. The molecule has 0 aliphatic rings. The van der Waals surface area contributed by atoms with E-state index in [2.05, 4.69) is 15.3 Å². The van der Waals surface area contributed by atoms with E-state index >= 15 is 0 Å². The molecule has 21 heavy (non-hydrogen) atoms. The van der Waals surface area contributed by atoms with Crippen molar-refractivity contribution < 1.29 is 9.53 Å². The minimum atomic E-state index is -0.285. The number of thiazole rings is 1. The number of anilines is 1. The lowest BCUT2D eigenvalue weighted by molar-refractivity contribution is 0.102. The molecule has 5 nitrogen and oxygen atoms in total. The molecule has 0 aliphatic carbocycles. The summed E-state index contributed by atoms with van der Waals surface area (Å²) in [5.41, 5.74) is 1.25. The molecule has 0 aromatic carbocycles. The quantitative estimate of drug-likeness (QED) is 0.799. The number of amides is 1. The molecule has 7 heteroatoms. The number of hydrogen-bond donors (Lipinski definition) is 1. The predicted molar refractivity (Wildman–Crippen MR) is 84.2 cm³/mol.